The molecule has 0 bridgehead atoms. The highest BCUT2D eigenvalue weighted by atomic mass is 16.6. The van der Waals surface area contributed by atoms with Gasteiger partial charge in [-0.3, -0.25) is 4.79 Å². The Labute approximate surface area is 170 Å². The number of amides is 1. The van der Waals surface area contributed by atoms with Crippen LogP contribution in [0, 0.1) is 0 Å². The summed E-state index contributed by atoms with van der Waals surface area (Å²) in [4.78, 5) is 24.4. The molecule has 0 heterocycles. The summed E-state index contributed by atoms with van der Waals surface area (Å²) in [5.74, 6) is -0.122. The number of hydrogen-bond donors (Lipinski definition) is 1. The van der Waals surface area contributed by atoms with Gasteiger partial charge in [0.15, 0.2) is 6.10 Å². The molecule has 0 unspecified atom stereocenters. The molecule has 0 aliphatic carbocycles. The van der Waals surface area contributed by atoms with E-state index in [0.29, 0.717) is 17.9 Å². The molecule has 0 aliphatic rings. The van der Waals surface area contributed by atoms with Crippen LogP contribution in [0.25, 0.3) is 0 Å². The predicted octanol–water partition coefficient (Wildman–Crippen LogP) is 4.13. The molecule has 0 aromatic heterocycles. The van der Waals surface area contributed by atoms with Gasteiger partial charge < -0.3 is 14.8 Å². The third-order valence-corrected chi connectivity index (χ3v) is 4.28. The Morgan fingerprint density at radius 2 is 1.41 bits per heavy atom. The van der Waals surface area contributed by atoms with Gasteiger partial charge in [-0.15, -0.1) is 0 Å². The summed E-state index contributed by atoms with van der Waals surface area (Å²) in [6.07, 6.45) is -0.753. The first-order valence-electron chi connectivity index (χ1n) is 9.41. The minimum Gasteiger partial charge on any atom is -0.479 e. The van der Waals surface area contributed by atoms with Gasteiger partial charge in [0.2, 0.25) is 0 Å². The van der Waals surface area contributed by atoms with Crippen molar-refractivity contribution in [2.45, 2.75) is 26.2 Å². The van der Waals surface area contributed by atoms with Crippen molar-refractivity contribution in [2.24, 2.45) is 0 Å². The fourth-order valence-electron chi connectivity index (χ4n) is 2.66. The number of hydrogen-bond acceptors (Lipinski definition) is 4. The predicted molar refractivity (Wildman–Crippen MR) is 110 cm³/mol. The van der Waals surface area contributed by atoms with E-state index >= 15 is 0 Å². The van der Waals surface area contributed by atoms with Gasteiger partial charge in [0, 0.05) is 12.1 Å². The Hall–Kier alpha value is -3.60. The number of carbonyl (C=O) groups excluding carboxylic acids is 2. The molecule has 148 valence electrons. The van der Waals surface area contributed by atoms with E-state index in [1.165, 1.54) is 0 Å². The Kier molecular flexibility index (Phi) is 7.00. The smallest absolute Gasteiger partial charge is 0.347 e. The summed E-state index contributed by atoms with van der Waals surface area (Å²) in [5, 5.41) is 2.87. The highest BCUT2D eigenvalue weighted by Gasteiger charge is 2.16. The van der Waals surface area contributed by atoms with Crippen molar-refractivity contribution in [3.05, 3.63) is 102 Å². The molecule has 0 saturated carbocycles. The molecule has 29 heavy (non-hydrogen) atoms. The van der Waals surface area contributed by atoms with Gasteiger partial charge in [0.1, 0.15) is 12.4 Å². The largest absolute Gasteiger partial charge is 0.479 e. The quantitative estimate of drug-likeness (QED) is 0.589. The van der Waals surface area contributed by atoms with Crippen LogP contribution in [0.1, 0.15) is 28.4 Å². The summed E-state index contributed by atoms with van der Waals surface area (Å²) in [6, 6.07) is 25.8. The minimum absolute atomic E-state index is 0.171. The molecular formula is C24H23NO4. The zero-order valence-corrected chi connectivity index (χ0v) is 16.2. The van der Waals surface area contributed by atoms with E-state index in [4.69, 9.17) is 9.47 Å². The molecule has 3 rings (SSSR count). The lowest BCUT2D eigenvalue weighted by atomic mass is 10.2. The molecule has 1 amide bonds. The second-order valence-electron chi connectivity index (χ2n) is 6.55. The van der Waals surface area contributed by atoms with Gasteiger partial charge in [-0.05, 0) is 42.3 Å². The Morgan fingerprint density at radius 3 is 2.03 bits per heavy atom. The third-order valence-electron chi connectivity index (χ3n) is 4.28. The van der Waals surface area contributed by atoms with Crippen molar-refractivity contribution < 1.29 is 19.1 Å². The summed E-state index contributed by atoms with van der Waals surface area (Å²) < 4.78 is 10.9. The van der Waals surface area contributed by atoms with Gasteiger partial charge >= 0.3 is 5.97 Å². The number of rotatable bonds is 8. The van der Waals surface area contributed by atoms with Gasteiger partial charge in [0.05, 0.1) is 0 Å². The number of nitrogens with one attached hydrogen (secondary N) is 1. The van der Waals surface area contributed by atoms with Gasteiger partial charge in [-0.25, -0.2) is 4.79 Å². The maximum atomic E-state index is 12.3. The molecule has 0 saturated heterocycles. The molecule has 1 atom stereocenters. The van der Waals surface area contributed by atoms with Crippen LogP contribution in [-0.2, 0) is 22.7 Å². The first-order chi connectivity index (χ1) is 14.1. The minimum atomic E-state index is -0.753. The van der Waals surface area contributed by atoms with Crippen LogP contribution in [0.2, 0.25) is 0 Å². The molecule has 0 radical (unpaired) electrons. The van der Waals surface area contributed by atoms with Crippen molar-refractivity contribution >= 4 is 11.9 Å². The highest BCUT2D eigenvalue weighted by molar-refractivity contribution is 5.94. The van der Waals surface area contributed by atoms with Crippen LogP contribution in [0.15, 0.2) is 84.9 Å². The SMILES string of the molecule is C[C@H](Oc1ccc(C(=O)NCc2ccccc2)cc1)C(=O)OCc1ccccc1. The number of ether oxygens (including phenoxy) is 2. The van der Waals surface area contributed by atoms with E-state index in [1.807, 2.05) is 60.7 Å². The summed E-state index contributed by atoms with van der Waals surface area (Å²) >= 11 is 0. The Balaban J connectivity index is 1.47. The lowest BCUT2D eigenvalue weighted by Gasteiger charge is -2.14. The Morgan fingerprint density at radius 1 is 0.828 bits per heavy atom. The maximum absolute atomic E-state index is 12.3. The van der Waals surface area contributed by atoms with Crippen molar-refractivity contribution in [3.63, 3.8) is 0 Å². The van der Waals surface area contributed by atoms with Crippen molar-refractivity contribution in [1.82, 2.24) is 5.32 Å². The molecule has 3 aromatic carbocycles. The van der Waals surface area contributed by atoms with Crippen LogP contribution < -0.4 is 10.1 Å². The second-order valence-corrected chi connectivity index (χ2v) is 6.55. The van der Waals surface area contributed by atoms with Crippen molar-refractivity contribution in [2.75, 3.05) is 0 Å². The summed E-state index contributed by atoms with van der Waals surface area (Å²) in [6.45, 7) is 2.30. The molecule has 1 N–H and O–H groups in total. The van der Waals surface area contributed by atoms with Crippen molar-refractivity contribution in [3.8, 4) is 5.75 Å². The summed E-state index contributed by atoms with van der Waals surface area (Å²) in [5.41, 5.74) is 2.47. The summed E-state index contributed by atoms with van der Waals surface area (Å²) in [7, 11) is 0. The molecule has 0 spiro atoms. The lowest BCUT2D eigenvalue weighted by molar-refractivity contribution is -0.152. The van der Waals surface area contributed by atoms with Crippen LogP contribution in [-0.4, -0.2) is 18.0 Å². The number of carbonyl (C=O) groups is 2. The molecule has 0 fully saturated rings. The zero-order valence-electron chi connectivity index (χ0n) is 16.2. The number of benzene rings is 3. The molecule has 0 aliphatic heterocycles. The van der Waals surface area contributed by atoms with E-state index in [9.17, 15) is 9.59 Å². The van der Waals surface area contributed by atoms with Crippen LogP contribution in [0.5, 0.6) is 5.75 Å². The second kappa shape index (κ2) is 10.1. The average molecular weight is 389 g/mol. The topological polar surface area (TPSA) is 64.6 Å². The molecule has 5 nitrogen and oxygen atoms in total. The van der Waals surface area contributed by atoms with E-state index in [2.05, 4.69) is 5.32 Å². The standard InChI is InChI=1S/C24H23NO4/c1-18(24(27)28-17-20-10-6-3-7-11-20)29-22-14-12-21(13-15-22)23(26)25-16-19-8-4-2-5-9-19/h2-15,18H,16-17H2,1H3,(H,25,26)/t18-/m0/s1. The van der Waals surface area contributed by atoms with Crippen LogP contribution >= 0.6 is 0 Å². The normalized spacial score (nSPS) is 11.3. The zero-order chi connectivity index (χ0) is 20.5. The maximum Gasteiger partial charge on any atom is 0.347 e. The van der Waals surface area contributed by atoms with Gasteiger partial charge in [-0.2, -0.15) is 0 Å². The number of esters is 1. The monoisotopic (exact) mass is 389 g/mol. The first kappa shape index (κ1) is 20.1. The lowest BCUT2D eigenvalue weighted by Crippen LogP contribution is -2.26. The van der Waals surface area contributed by atoms with Gasteiger partial charge in [-0.1, -0.05) is 60.7 Å². The third kappa shape index (κ3) is 6.21. The average Bonchev–Trinajstić information content (AvgIpc) is 2.77. The molecule has 3 aromatic rings. The first-order valence-corrected chi connectivity index (χ1v) is 9.41. The van der Waals surface area contributed by atoms with Crippen molar-refractivity contribution in [1.29, 1.82) is 0 Å². The Bertz CT molecular complexity index is 924. The van der Waals surface area contributed by atoms with E-state index in [-0.39, 0.29) is 12.5 Å². The van der Waals surface area contributed by atoms with Crippen LogP contribution in [0.4, 0.5) is 0 Å². The van der Waals surface area contributed by atoms with Crippen LogP contribution in [0.3, 0.4) is 0 Å². The highest BCUT2D eigenvalue weighted by Crippen LogP contribution is 2.15. The van der Waals surface area contributed by atoms with E-state index in [1.54, 1.807) is 31.2 Å². The molecule has 5 heteroatoms. The van der Waals surface area contributed by atoms with E-state index < -0.39 is 12.1 Å². The van der Waals surface area contributed by atoms with Gasteiger partial charge in [0.25, 0.3) is 5.91 Å². The van der Waals surface area contributed by atoms with E-state index in [0.717, 1.165) is 11.1 Å². The fourth-order valence-corrected chi connectivity index (χ4v) is 2.66. The fraction of sp³-hybridized carbons (Fsp3) is 0.167. The molecular weight excluding hydrogens is 366 g/mol.